The summed E-state index contributed by atoms with van der Waals surface area (Å²) >= 11 is 0. The third-order valence-electron chi connectivity index (χ3n) is 8.85. The fourth-order valence-electron chi connectivity index (χ4n) is 6.34. The lowest BCUT2D eigenvalue weighted by molar-refractivity contribution is 0.343. The van der Waals surface area contributed by atoms with Crippen molar-refractivity contribution in [1.82, 2.24) is 19.9 Å². The monoisotopic (exact) mass is 590 g/mol. The highest BCUT2D eigenvalue weighted by atomic mass is 16.2. The molecule has 0 atom stereocenters. The molecule has 0 fully saturated rings. The number of H-pyrrole nitrogens is 2. The summed E-state index contributed by atoms with van der Waals surface area (Å²) in [5.41, 5.74) is 14.9. The van der Waals surface area contributed by atoms with E-state index >= 15 is 0 Å². The lowest BCUT2D eigenvalue weighted by Gasteiger charge is -2.06. The zero-order valence-corrected chi connectivity index (χ0v) is 27.2. The largest absolute Gasteiger partial charge is 0.392 e. The van der Waals surface area contributed by atoms with Crippen LogP contribution in [0.5, 0.6) is 0 Å². The van der Waals surface area contributed by atoms with E-state index in [9.17, 15) is 5.11 Å². The number of unbranched alkanes of at least 4 members (excludes halogenated alkanes) is 4. The molecule has 232 valence electrons. The summed E-state index contributed by atoms with van der Waals surface area (Å²) in [6.45, 7) is 9.00. The minimum atomic E-state index is 0.00992. The Bertz CT molecular complexity index is 1700. The van der Waals surface area contributed by atoms with Crippen LogP contribution in [0.2, 0.25) is 0 Å². The van der Waals surface area contributed by atoms with Gasteiger partial charge in [-0.2, -0.15) is 0 Å². The predicted octanol–water partition coefficient (Wildman–Crippen LogP) is 10.0. The fourth-order valence-corrected chi connectivity index (χ4v) is 6.34. The zero-order chi connectivity index (χ0) is 30.9. The molecule has 3 aromatic heterocycles. The van der Waals surface area contributed by atoms with Crippen molar-refractivity contribution in [3.63, 3.8) is 0 Å². The van der Waals surface area contributed by atoms with E-state index in [0.717, 1.165) is 127 Å². The van der Waals surface area contributed by atoms with Gasteiger partial charge in [0, 0.05) is 38.8 Å². The Morgan fingerprint density at radius 1 is 0.591 bits per heavy atom. The summed E-state index contributed by atoms with van der Waals surface area (Å²) in [6, 6.07) is 6.77. The fraction of sp³-hybridized carbons (Fsp3) is 0.436. The molecule has 0 aromatic carbocycles. The van der Waals surface area contributed by atoms with Gasteiger partial charge in [-0.05, 0) is 99.4 Å². The molecule has 0 spiro atoms. The highest BCUT2D eigenvalue weighted by Gasteiger charge is 2.17. The van der Waals surface area contributed by atoms with Crippen molar-refractivity contribution in [3.8, 4) is 0 Å². The number of hydrogen-bond donors (Lipinski definition) is 3. The number of nitrogens with one attached hydrogen (secondary N) is 2. The number of fused-ring (bicyclic) bond motifs is 8. The lowest BCUT2D eigenvalue weighted by atomic mass is 10.0. The topological polar surface area (TPSA) is 77.6 Å². The molecule has 5 heterocycles. The van der Waals surface area contributed by atoms with Crippen molar-refractivity contribution in [2.75, 3.05) is 6.61 Å². The summed E-state index contributed by atoms with van der Waals surface area (Å²) in [4.78, 5) is 18.3. The summed E-state index contributed by atoms with van der Waals surface area (Å²) in [5, 5.41) is 9.71. The maximum Gasteiger partial charge on any atom is 0.0691 e. The summed E-state index contributed by atoms with van der Waals surface area (Å²) in [5.74, 6) is 0. The van der Waals surface area contributed by atoms with Crippen LogP contribution in [-0.4, -0.2) is 31.6 Å². The number of nitrogens with zero attached hydrogens (tertiary/aromatic N) is 2. The van der Waals surface area contributed by atoms with E-state index < -0.39 is 0 Å². The van der Waals surface area contributed by atoms with Gasteiger partial charge in [-0.15, -0.1) is 0 Å². The van der Waals surface area contributed by atoms with Crippen molar-refractivity contribution in [1.29, 1.82) is 0 Å². The highest BCUT2D eigenvalue weighted by Crippen LogP contribution is 2.31. The van der Waals surface area contributed by atoms with Crippen molar-refractivity contribution in [2.45, 2.75) is 105 Å². The average Bonchev–Trinajstić information content (AvgIpc) is 3.85. The van der Waals surface area contributed by atoms with E-state index in [-0.39, 0.29) is 6.61 Å². The Hall–Kier alpha value is -3.70. The minimum absolute atomic E-state index is 0.00992. The molecule has 3 N–H and O–H groups in total. The first-order valence-corrected chi connectivity index (χ1v) is 17.0. The lowest BCUT2D eigenvalue weighted by Crippen LogP contribution is -1.97. The van der Waals surface area contributed by atoms with E-state index in [0.29, 0.717) is 0 Å². The summed E-state index contributed by atoms with van der Waals surface area (Å²) in [7, 11) is 0. The van der Waals surface area contributed by atoms with E-state index in [2.05, 4.69) is 86.2 Å². The molecule has 2 aliphatic rings. The Morgan fingerprint density at radius 2 is 1.07 bits per heavy atom. The molecule has 8 bridgehead atoms. The van der Waals surface area contributed by atoms with Crippen LogP contribution >= 0.6 is 0 Å². The molecule has 2 aliphatic heterocycles. The van der Waals surface area contributed by atoms with Gasteiger partial charge in [0.2, 0.25) is 0 Å². The molecule has 5 heteroatoms. The van der Waals surface area contributed by atoms with Gasteiger partial charge in [-0.1, -0.05) is 65.5 Å². The second kappa shape index (κ2) is 15.3. The number of aliphatic hydroxyl groups is 1. The van der Waals surface area contributed by atoms with Crippen LogP contribution in [0.15, 0.2) is 24.3 Å². The van der Waals surface area contributed by atoms with Gasteiger partial charge in [0.15, 0.2) is 0 Å². The van der Waals surface area contributed by atoms with E-state index in [1.165, 1.54) is 22.3 Å². The van der Waals surface area contributed by atoms with E-state index in [4.69, 9.17) is 9.97 Å². The van der Waals surface area contributed by atoms with Crippen LogP contribution in [0.1, 0.15) is 130 Å². The van der Waals surface area contributed by atoms with Gasteiger partial charge in [0.25, 0.3) is 0 Å². The minimum Gasteiger partial charge on any atom is -0.392 e. The van der Waals surface area contributed by atoms with Crippen molar-refractivity contribution in [2.24, 2.45) is 0 Å². The summed E-state index contributed by atoms with van der Waals surface area (Å²) < 4.78 is 0. The maximum absolute atomic E-state index is 9.71. The van der Waals surface area contributed by atoms with Crippen molar-refractivity contribution >= 4 is 52.4 Å². The highest BCUT2D eigenvalue weighted by molar-refractivity contribution is 5.87. The normalized spacial score (nSPS) is 12.7. The first-order chi connectivity index (χ1) is 21.6. The predicted molar refractivity (Wildman–Crippen MR) is 189 cm³/mol. The second-order valence-electron chi connectivity index (χ2n) is 12.1. The molecule has 0 unspecified atom stereocenters. The van der Waals surface area contributed by atoms with E-state index in [1.54, 1.807) is 0 Å². The first kappa shape index (κ1) is 31.7. The maximum atomic E-state index is 9.71. The smallest absolute Gasteiger partial charge is 0.0691 e. The second-order valence-corrected chi connectivity index (χ2v) is 12.1. The molecular weight excluding hydrogens is 540 g/mol. The molecule has 44 heavy (non-hydrogen) atoms. The molecule has 5 rings (SSSR count). The Labute approximate surface area is 263 Å². The van der Waals surface area contributed by atoms with Crippen molar-refractivity contribution in [3.05, 3.63) is 74.9 Å². The van der Waals surface area contributed by atoms with Crippen LogP contribution < -0.4 is 0 Å². The Morgan fingerprint density at radius 3 is 1.64 bits per heavy atom. The van der Waals surface area contributed by atoms with Crippen LogP contribution in [0.3, 0.4) is 0 Å². The summed E-state index contributed by atoms with van der Waals surface area (Å²) in [6.07, 6.45) is 25.5. The van der Waals surface area contributed by atoms with E-state index in [1.807, 2.05) is 6.08 Å². The number of aromatic nitrogens is 4. The van der Waals surface area contributed by atoms with Crippen LogP contribution in [0.4, 0.5) is 0 Å². The number of aliphatic hydroxyl groups excluding tert-OH is 1. The van der Waals surface area contributed by atoms with Crippen LogP contribution in [-0.2, 0) is 25.7 Å². The van der Waals surface area contributed by atoms with Gasteiger partial charge >= 0.3 is 0 Å². The number of aromatic amines is 2. The molecule has 5 nitrogen and oxygen atoms in total. The zero-order valence-electron chi connectivity index (χ0n) is 27.2. The Balaban J connectivity index is 1.95. The van der Waals surface area contributed by atoms with Crippen LogP contribution in [0.25, 0.3) is 52.4 Å². The van der Waals surface area contributed by atoms with Crippen molar-refractivity contribution < 1.29 is 5.11 Å². The van der Waals surface area contributed by atoms with Gasteiger partial charge in [0.05, 0.1) is 34.9 Å². The molecule has 0 radical (unpaired) electrons. The molecule has 0 amide bonds. The standard InChI is InChI=1S/C39H50N4O/c1-5-9-15-28-32-19-20-33(40-32)29(16-10-6-2)35-23-24-37(42-35)31(18-12-8-4)39-27(14-13-25-44)26-38(43-39)30(17-11-7-3)36-22-21-34(28)41-36/h13-14,19-24,26,41,43-44H,5-12,15-18,25H2,1-4H3/b14-13+,32-28?,33-29?,34-28?,35-29?,36-30?,37-31?,38-30?,39-31?. The molecule has 0 saturated heterocycles. The molecular formula is C39H50N4O. The van der Waals surface area contributed by atoms with Gasteiger partial charge < -0.3 is 15.1 Å². The third kappa shape index (κ3) is 6.99. The SMILES string of the molecule is CCCCc1c2nc(c(CCCC)c3ccc([nH]3)c(CCCC)c3cc(/C=C/CO)c([nH]3)c(CCCC)c3nc1C=C3)C=C2. The van der Waals surface area contributed by atoms with Crippen LogP contribution in [0, 0.1) is 0 Å². The Kier molecular flexibility index (Phi) is 11.1. The van der Waals surface area contributed by atoms with Gasteiger partial charge in [-0.3, -0.25) is 0 Å². The molecule has 0 aliphatic carbocycles. The molecule has 3 aromatic rings. The first-order valence-electron chi connectivity index (χ1n) is 17.0. The number of aryl methyl sites for hydroxylation is 3. The number of rotatable bonds is 14. The van der Waals surface area contributed by atoms with Gasteiger partial charge in [0.1, 0.15) is 0 Å². The number of hydrogen-bond acceptors (Lipinski definition) is 3. The average molecular weight is 591 g/mol. The quantitative estimate of drug-likeness (QED) is 0.120. The third-order valence-corrected chi connectivity index (χ3v) is 8.85. The molecule has 0 saturated carbocycles. The van der Waals surface area contributed by atoms with Gasteiger partial charge in [-0.25, -0.2) is 9.97 Å².